The zero-order valence-electron chi connectivity index (χ0n) is 16.1. The number of carbonyl (C=O) groups is 4. The molecule has 1 N–H and O–H groups in total. The molecule has 0 spiro atoms. The number of nitrogens with one attached hydrogen (secondary N) is 1. The van der Waals surface area contributed by atoms with Crippen LogP contribution in [0.5, 0.6) is 0 Å². The van der Waals surface area contributed by atoms with Crippen molar-refractivity contribution in [2.75, 3.05) is 6.54 Å². The fraction of sp³-hybridized carbons (Fsp3) is 0.400. The van der Waals surface area contributed by atoms with Gasteiger partial charge in [0, 0.05) is 12.6 Å². The van der Waals surface area contributed by atoms with Crippen molar-refractivity contribution in [1.29, 1.82) is 0 Å². The van der Waals surface area contributed by atoms with E-state index in [-0.39, 0.29) is 24.1 Å². The maximum Gasteiger partial charge on any atom is 0.377 e. The number of carbonyl (C=O) groups excluding carboxylic acids is 4. The fourth-order valence-electron chi connectivity index (χ4n) is 2.59. The number of hydrogen-bond acceptors (Lipinski definition) is 6. The predicted octanol–water partition coefficient (Wildman–Crippen LogP) is 1.67. The Hall–Kier alpha value is -2.61. The topological polar surface area (TPSA) is 92.8 Å². The zero-order chi connectivity index (χ0) is 20.7. The third-order valence-corrected chi connectivity index (χ3v) is 4.84. The molecule has 1 heterocycles. The van der Waals surface area contributed by atoms with Crippen LogP contribution in [-0.4, -0.2) is 52.4 Å². The summed E-state index contributed by atoms with van der Waals surface area (Å²) in [6.07, 6.45) is 1.24. The molecule has 2 atom stereocenters. The highest BCUT2D eigenvalue weighted by molar-refractivity contribution is 8.03. The van der Waals surface area contributed by atoms with Crippen LogP contribution in [0, 0.1) is 0 Å². The SMILES string of the molecule is CC(C)OC(=O)C(=O)[C@H](Cc1ccccc1)NC(=O)CN1C=CSC(C)C1=O. The summed E-state index contributed by atoms with van der Waals surface area (Å²) >= 11 is 1.37. The Bertz CT molecular complexity index is 763. The molecule has 8 heteroatoms. The summed E-state index contributed by atoms with van der Waals surface area (Å²) in [5, 5.41) is 4.04. The van der Waals surface area contributed by atoms with Gasteiger partial charge in [0.15, 0.2) is 0 Å². The Kier molecular flexibility index (Phi) is 7.80. The van der Waals surface area contributed by atoms with Gasteiger partial charge in [-0.3, -0.25) is 14.4 Å². The molecule has 0 aliphatic carbocycles. The van der Waals surface area contributed by atoms with Crippen molar-refractivity contribution in [1.82, 2.24) is 10.2 Å². The molecule has 0 radical (unpaired) electrons. The van der Waals surface area contributed by atoms with Crippen LogP contribution in [0.1, 0.15) is 26.3 Å². The number of nitrogens with zero attached hydrogens (tertiary/aromatic N) is 1. The van der Waals surface area contributed by atoms with E-state index in [2.05, 4.69) is 5.32 Å². The maximum absolute atomic E-state index is 12.5. The average molecular weight is 404 g/mol. The van der Waals surface area contributed by atoms with Crippen molar-refractivity contribution >= 4 is 35.3 Å². The minimum absolute atomic E-state index is 0.147. The van der Waals surface area contributed by atoms with E-state index in [9.17, 15) is 19.2 Å². The molecular formula is C20H24N2O5S. The summed E-state index contributed by atoms with van der Waals surface area (Å²) in [5.74, 6) is -2.53. The Morgan fingerprint density at radius 2 is 1.89 bits per heavy atom. The lowest BCUT2D eigenvalue weighted by Crippen LogP contribution is -2.50. The molecule has 150 valence electrons. The first kappa shape index (κ1) is 21.7. The molecule has 28 heavy (non-hydrogen) atoms. The molecular weight excluding hydrogens is 380 g/mol. The molecule has 1 aromatic carbocycles. The van der Waals surface area contributed by atoms with Crippen LogP contribution in [0.25, 0.3) is 0 Å². The highest BCUT2D eigenvalue weighted by atomic mass is 32.2. The minimum atomic E-state index is -1.07. The van der Waals surface area contributed by atoms with Gasteiger partial charge in [-0.05, 0) is 31.7 Å². The van der Waals surface area contributed by atoms with Gasteiger partial charge in [-0.1, -0.05) is 30.3 Å². The molecule has 2 amide bonds. The van der Waals surface area contributed by atoms with Crippen molar-refractivity contribution in [3.63, 3.8) is 0 Å². The molecule has 1 aliphatic rings. The molecule has 0 fully saturated rings. The minimum Gasteiger partial charge on any atom is -0.457 e. The Labute approximate surface area is 168 Å². The maximum atomic E-state index is 12.5. The predicted molar refractivity (Wildman–Crippen MR) is 106 cm³/mol. The third kappa shape index (κ3) is 6.23. The number of Topliss-reactive ketones (excluding diaryl/α,β-unsaturated/α-hetero) is 1. The second kappa shape index (κ2) is 10.1. The van der Waals surface area contributed by atoms with Crippen LogP contribution in [0.2, 0.25) is 0 Å². The average Bonchev–Trinajstić information content (AvgIpc) is 2.64. The summed E-state index contributed by atoms with van der Waals surface area (Å²) in [5.41, 5.74) is 0.789. The first-order valence-electron chi connectivity index (χ1n) is 8.98. The molecule has 1 unspecified atom stereocenters. The van der Waals surface area contributed by atoms with E-state index in [1.54, 1.807) is 50.4 Å². The molecule has 2 rings (SSSR count). The van der Waals surface area contributed by atoms with E-state index in [1.165, 1.54) is 22.9 Å². The lowest BCUT2D eigenvalue weighted by molar-refractivity contribution is -0.157. The van der Waals surface area contributed by atoms with Crippen molar-refractivity contribution in [3.8, 4) is 0 Å². The van der Waals surface area contributed by atoms with Crippen LogP contribution < -0.4 is 5.32 Å². The number of esters is 1. The smallest absolute Gasteiger partial charge is 0.377 e. The molecule has 0 aromatic heterocycles. The quantitative estimate of drug-likeness (QED) is 0.523. The highest BCUT2D eigenvalue weighted by Gasteiger charge is 2.30. The van der Waals surface area contributed by atoms with Crippen molar-refractivity contribution < 1.29 is 23.9 Å². The molecule has 0 saturated carbocycles. The van der Waals surface area contributed by atoms with Crippen LogP contribution >= 0.6 is 11.8 Å². The Morgan fingerprint density at radius 1 is 1.21 bits per heavy atom. The standard InChI is InChI=1S/C20H24N2O5S/c1-13(2)27-20(26)18(24)16(11-15-7-5-4-6-8-15)21-17(23)12-22-9-10-28-14(3)19(22)25/h4-10,13-14,16H,11-12H2,1-3H3,(H,21,23)/t14?,16-/m0/s1. The van der Waals surface area contributed by atoms with Gasteiger partial charge in [0.25, 0.3) is 5.78 Å². The van der Waals surface area contributed by atoms with Crippen LogP contribution in [0.4, 0.5) is 0 Å². The van der Waals surface area contributed by atoms with E-state index in [1.807, 2.05) is 6.07 Å². The summed E-state index contributed by atoms with van der Waals surface area (Å²) in [6.45, 7) is 4.82. The normalized spacial score (nSPS) is 17.4. The van der Waals surface area contributed by atoms with E-state index in [0.29, 0.717) is 0 Å². The van der Waals surface area contributed by atoms with Crippen LogP contribution in [0.3, 0.4) is 0 Å². The van der Waals surface area contributed by atoms with Crippen molar-refractivity contribution in [2.24, 2.45) is 0 Å². The van der Waals surface area contributed by atoms with Gasteiger partial charge in [-0.25, -0.2) is 4.79 Å². The van der Waals surface area contributed by atoms with Gasteiger partial charge in [0.2, 0.25) is 11.8 Å². The van der Waals surface area contributed by atoms with Gasteiger partial charge < -0.3 is 15.0 Å². The number of benzene rings is 1. The van der Waals surface area contributed by atoms with Gasteiger partial charge in [0.05, 0.1) is 11.4 Å². The summed E-state index contributed by atoms with van der Waals surface area (Å²) in [4.78, 5) is 50.5. The number of rotatable bonds is 8. The van der Waals surface area contributed by atoms with E-state index < -0.39 is 29.8 Å². The van der Waals surface area contributed by atoms with E-state index in [4.69, 9.17) is 4.74 Å². The largest absolute Gasteiger partial charge is 0.457 e. The molecule has 7 nitrogen and oxygen atoms in total. The Balaban J connectivity index is 2.09. The second-order valence-electron chi connectivity index (χ2n) is 6.66. The second-order valence-corrected chi connectivity index (χ2v) is 7.91. The number of ketones is 1. The molecule has 1 aromatic rings. The third-order valence-electron chi connectivity index (χ3n) is 3.95. The number of thioether (sulfide) groups is 1. The lowest BCUT2D eigenvalue weighted by atomic mass is 10.0. The summed E-state index contributed by atoms with van der Waals surface area (Å²) < 4.78 is 4.98. The molecule has 0 saturated heterocycles. The highest BCUT2D eigenvalue weighted by Crippen LogP contribution is 2.20. The molecule has 1 aliphatic heterocycles. The van der Waals surface area contributed by atoms with Crippen molar-refractivity contribution in [2.45, 2.75) is 44.6 Å². The number of ether oxygens (including phenoxy) is 1. The summed E-state index contributed by atoms with van der Waals surface area (Å²) in [7, 11) is 0. The van der Waals surface area contributed by atoms with Crippen molar-refractivity contribution in [3.05, 3.63) is 47.5 Å². The van der Waals surface area contributed by atoms with Gasteiger partial charge in [-0.15, -0.1) is 11.8 Å². The molecule has 0 bridgehead atoms. The van der Waals surface area contributed by atoms with E-state index in [0.717, 1.165) is 5.56 Å². The van der Waals surface area contributed by atoms with E-state index >= 15 is 0 Å². The Morgan fingerprint density at radius 3 is 2.54 bits per heavy atom. The van der Waals surface area contributed by atoms with Gasteiger partial charge >= 0.3 is 5.97 Å². The number of hydrogen-bond donors (Lipinski definition) is 1. The first-order valence-corrected chi connectivity index (χ1v) is 9.93. The van der Waals surface area contributed by atoms with Crippen LogP contribution in [-0.2, 0) is 30.3 Å². The number of amides is 2. The summed E-state index contributed by atoms with van der Waals surface area (Å²) in [6, 6.07) is 7.98. The lowest BCUT2D eigenvalue weighted by Gasteiger charge is -2.25. The fourth-order valence-corrected chi connectivity index (χ4v) is 3.30. The van der Waals surface area contributed by atoms with Gasteiger partial charge in [0.1, 0.15) is 12.6 Å². The van der Waals surface area contributed by atoms with Gasteiger partial charge in [-0.2, -0.15) is 0 Å². The monoisotopic (exact) mass is 404 g/mol. The van der Waals surface area contributed by atoms with Crippen LogP contribution in [0.15, 0.2) is 41.9 Å². The first-order chi connectivity index (χ1) is 13.3. The zero-order valence-corrected chi connectivity index (χ0v) is 16.9.